The number of hydrogen-bond donors (Lipinski definition) is 3. The van der Waals surface area contributed by atoms with Crippen molar-refractivity contribution < 1.29 is 23.0 Å². The highest BCUT2D eigenvalue weighted by Crippen LogP contribution is 2.33. The fourth-order valence-electron chi connectivity index (χ4n) is 4.97. The Bertz CT molecular complexity index is 1480. The average molecular weight is 550 g/mol. The molecule has 4 aromatic rings. The number of aromatic nitrogens is 4. The van der Waals surface area contributed by atoms with E-state index in [9.17, 15) is 13.6 Å². The van der Waals surface area contributed by atoms with Crippen LogP contribution >= 0.6 is 0 Å². The first-order chi connectivity index (χ1) is 19.5. The summed E-state index contributed by atoms with van der Waals surface area (Å²) in [5.41, 5.74) is 2.44. The van der Waals surface area contributed by atoms with Gasteiger partial charge in [0.1, 0.15) is 23.5 Å². The molecule has 2 aliphatic heterocycles. The summed E-state index contributed by atoms with van der Waals surface area (Å²) in [5.74, 6) is 0.265. The third kappa shape index (κ3) is 5.64. The minimum Gasteiger partial charge on any atom is -0.378 e. The van der Waals surface area contributed by atoms with Crippen LogP contribution in [0.4, 0.5) is 20.3 Å². The Morgan fingerprint density at radius 3 is 2.70 bits per heavy atom. The molecule has 1 atom stereocenters. The largest absolute Gasteiger partial charge is 0.383 e. The van der Waals surface area contributed by atoms with E-state index in [1.54, 1.807) is 18.5 Å². The maximum absolute atomic E-state index is 14.8. The predicted molar refractivity (Wildman–Crippen MR) is 145 cm³/mol. The molecule has 12 heteroatoms. The first-order valence-corrected chi connectivity index (χ1v) is 13.3. The van der Waals surface area contributed by atoms with Gasteiger partial charge in [0, 0.05) is 37.2 Å². The quantitative estimate of drug-likeness (QED) is 0.318. The number of morpholine rings is 1. The zero-order chi connectivity index (χ0) is 27.5. The number of pyridine rings is 1. The van der Waals surface area contributed by atoms with Crippen LogP contribution in [0.1, 0.15) is 28.9 Å². The average Bonchev–Trinajstić information content (AvgIpc) is 3.43. The molecule has 2 saturated heterocycles. The standard InChI is InChI=1S/C28H29F2N7O3/c29-28(30,40-21-2-1-8-31-16-21)19-7-9-32-24(14-19)27(38)35-20-5-3-18(4-6-20)23-15-22-25(36-23)33-17-34-26(22)37-10-12-39-13-11-37/h3-7,9,14-15,17,21,31H,1-2,8,10-13,16H2,(H,35,38)(H,33,34,36). The molecule has 0 bridgehead atoms. The summed E-state index contributed by atoms with van der Waals surface area (Å²) in [6, 6.07) is 11.4. The zero-order valence-electron chi connectivity index (χ0n) is 21.7. The molecule has 3 aromatic heterocycles. The first-order valence-electron chi connectivity index (χ1n) is 13.3. The van der Waals surface area contributed by atoms with Gasteiger partial charge in [-0.05, 0) is 55.3 Å². The third-order valence-corrected chi connectivity index (χ3v) is 7.06. The summed E-state index contributed by atoms with van der Waals surface area (Å²) in [6.07, 6.45) is -0.0684. The van der Waals surface area contributed by atoms with Crippen LogP contribution in [0.15, 0.2) is 55.0 Å². The highest BCUT2D eigenvalue weighted by atomic mass is 19.3. The molecule has 0 spiro atoms. The number of nitrogens with zero attached hydrogens (tertiary/aromatic N) is 4. The molecule has 40 heavy (non-hydrogen) atoms. The van der Waals surface area contributed by atoms with Gasteiger partial charge in [-0.1, -0.05) is 12.1 Å². The number of benzene rings is 1. The van der Waals surface area contributed by atoms with Gasteiger partial charge in [0.05, 0.1) is 30.3 Å². The monoisotopic (exact) mass is 549 g/mol. The topological polar surface area (TPSA) is 117 Å². The second-order valence-corrected chi connectivity index (χ2v) is 9.81. The molecule has 6 rings (SSSR count). The fourth-order valence-corrected chi connectivity index (χ4v) is 4.97. The molecule has 2 aliphatic rings. The van der Waals surface area contributed by atoms with Crippen LogP contribution in [-0.4, -0.2) is 71.3 Å². The Hall–Kier alpha value is -4.00. The molecule has 3 N–H and O–H groups in total. The smallest absolute Gasteiger partial charge is 0.378 e. The summed E-state index contributed by atoms with van der Waals surface area (Å²) in [4.78, 5) is 31.2. The van der Waals surface area contributed by atoms with Crippen molar-refractivity contribution in [1.82, 2.24) is 25.3 Å². The van der Waals surface area contributed by atoms with Gasteiger partial charge >= 0.3 is 6.11 Å². The normalized spacial score (nSPS) is 18.1. The van der Waals surface area contributed by atoms with Crippen LogP contribution in [0, 0.1) is 0 Å². The maximum Gasteiger partial charge on any atom is 0.383 e. The summed E-state index contributed by atoms with van der Waals surface area (Å²) in [6.45, 7) is 4.00. The number of rotatable bonds is 7. The molecule has 0 radical (unpaired) electrons. The van der Waals surface area contributed by atoms with E-state index >= 15 is 0 Å². The first kappa shape index (κ1) is 26.2. The van der Waals surface area contributed by atoms with Crippen LogP contribution in [0.5, 0.6) is 0 Å². The predicted octanol–water partition coefficient (Wildman–Crippen LogP) is 3.93. The van der Waals surface area contributed by atoms with Crippen molar-refractivity contribution in [2.75, 3.05) is 49.6 Å². The van der Waals surface area contributed by atoms with E-state index in [-0.39, 0.29) is 5.69 Å². The van der Waals surface area contributed by atoms with Gasteiger partial charge in [0.15, 0.2) is 0 Å². The number of alkyl halides is 2. The molecular weight excluding hydrogens is 520 g/mol. The van der Waals surface area contributed by atoms with Crippen molar-refractivity contribution in [1.29, 1.82) is 0 Å². The number of H-pyrrole nitrogens is 1. The molecule has 0 saturated carbocycles. The lowest BCUT2D eigenvalue weighted by Crippen LogP contribution is -2.39. The van der Waals surface area contributed by atoms with Crippen molar-refractivity contribution >= 4 is 28.4 Å². The lowest BCUT2D eigenvalue weighted by Gasteiger charge is -2.27. The second-order valence-electron chi connectivity index (χ2n) is 9.81. The fraction of sp³-hybridized carbons (Fsp3) is 0.357. The van der Waals surface area contributed by atoms with Gasteiger partial charge in [-0.3, -0.25) is 9.78 Å². The van der Waals surface area contributed by atoms with E-state index < -0.39 is 23.7 Å². The Morgan fingerprint density at radius 2 is 1.93 bits per heavy atom. The number of piperidine rings is 1. The number of halogens is 2. The van der Waals surface area contributed by atoms with E-state index in [0.717, 1.165) is 66.3 Å². The van der Waals surface area contributed by atoms with E-state index in [1.165, 1.54) is 6.20 Å². The summed E-state index contributed by atoms with van der Waals surface area (Å²) in [5, 5.41) is 6.70. The Morgan fingerprint density at radius 1 is 1.10 bits per heavy atom. The molecule has 1 unspecified atom stereocenters. The number of hydrogen-bond acceptors (Lipinski definition) is 8. The van der Waals surface area contributed by atoms with E-state index in [1.807, 2.05) is 18.2 Å². The molecule has 5 heterocycles. The molecule has 1 amide bonds. The number of carbonyl (C=O) groups is 1. The van der Waals surface area contributed by atoms with Gasteiger partial charge in [-0.25, -0.2) is 9.97 Å². The molecular formula is C28H29F2N7O3. The number of aromatic amines is 1. The molecule has 208 valence electrons. The van der Waals surface area contributed by atoms with Crippen molar-refractivity contribution in [3.63, 3.8) is 0 Å². The summed E-state index contributed by atoms with van der Waals surface area (Å²) < 4.78 is 40.1. The number of fused-ring (bicyclic) bond motifs is 1. The van der Waals surface area contributed by atoms with Crippen LogP contribution in [0.2, 0.25) is 0 Å². The Labute approximate surface area is 229 Å². The number of nitrogens with one attached hydrogen (secondary N) is 3. The second kappa shape index (κ2) is 11.2. The summed E-state index contributed by atoms with van der Waals surface area (Å²) >= 11 is 0. The minimum absolute atomic E-state index is 0.128. The minimum atomic E-state index is -3.53. The van der Waals surface area contributed by atoms with Gasteiger partial charge in [0.25, 0.3) is 5.91 Å². The van der Waals surface area contributed by atoms with E-state index in [4.69, 9.17) is 9.47 Å². The maximum atomic E-state index is 14.8. The highest BCUT2D eigenvalue weighted by Gasteiger charge is 2.37. The Balaban J connectivity index is 1.15. The van der Waals surface area contributed by atoms with Crippen molar-refractivity contribution in [2.45, 2.75) is 25.1 Å². The summed E-state index contributed by atoms with van der Waals surface area (Å²) in [7, 11) is 0. The SMILES string of the molecule is O=C(Nc1ccc(-c2cc3c(N4CCOCC4)ncnc3[nH]2)cc1)c1cc(C(F)(F)OC2CCCNC2)ccn1. The lowest BCUT2D eigenvalue weighted by atomic mass is 10.1. The van der Waals surface area contributed by atoms with Crippen LogP contribution in [0.3, 0.4) is 0 Å². The molecule has 0 aliphatic carbocycles. The molecule has 1 aromatic carbocycles. The zero-order valence-corrected chi connectivity index (χ0v) is 21.7. The van der Waals surface area contributed by atoms with Crippen molar-refractivity contribution in [3.8, 4) is 11.3 Å². The van der Waals surface area contributed by atoms with Crippen LogP contribution in [0.25, 0.3) is 22.3 Å². The Kier molecular flexibility index (Phi) is 7.37. The van der Waals surface area contributed by atoms with E-state index in [0.29, 0.717) is 31.9 Å². The molecule has 10 nitrogen and oxygen atoms in total. The van der Waals surface area contributed by atoms with Crippen molar-refractivity contribution in [2.24, 2.45) is 0 Å². The highest BCUT2D eigenvalue weighted by molar-refractivity contribution is 6.03. The number of amides is 1. The van der Waals surface area contributed by atoms with Crippen LogP contribution in [-0.2, 0) is 15.6 Å². The van der Waals surface area contributed by atoms with Gasteiger partial charge in [-0.2, -0.15) is 8.78 Å². The van der Waals surface area contributed by atoms with E-state index in [2.05, 4.69) is 35.5 Å². The number of carbonyl (C=O) groups excluding carboxylic acids is 1. The number of anilines is 2. The third-order valence-electron chi connectivity index (χ3n) is 7.06. The van der Waals surface area contributed by atoms with Crippen molar-refractivity contribution in [3.05, 3.63) is 66.2 Å². The molecule has 2 fully saturated rings. The van der Waals surface area contributed by atoms with Gasteiger partial charge in [-0.15, -0.1) is 0 Å². The van der Waals surface area contributed by atoms with Gasteiger partial charge in [0.2, 0.25) is 0 Å². The van der Waals surface area contributed by atoms with Gasteiger partial charge < -0.3 is 30.0 Å². The lowest BCUT2D eigenvalue weighted by molar-refractivity contribution is -0.274. The number of ether oxygens (including phenoxy) is 2. The van der Waals surface area contributed by atoms with Crippen LogP contribution < -0.4 is 15.5 Å².